The second-order valence-corrected chi connectivity index (χ2v) is 5.22. The highest BCUT2D eigenvalue weighted by Crippen LogP contribution is 2.18. The topological polar surface area (TPSA) is 83.2 Å². The van der Waals surface area contributed by atoms with Gasteiger partial charge in [-0.1, -0.05) is 0 Å². The van der Waals surface area contributed by atoms with Gasteiger partial charge >= 0.3 is 0 Å². The van der Waals surface area contributed by atoms with E-state index in [1.807, 2.05) is 0 Å². The van der Waals surface area contributed by atoms with E-state index in [-0.39, 0.29) is 29.4 Å². The lowest BCUT2D eigenvalue weighted by Gasteiger charge is -2.16. The lowest BCUT2D eigenvalue weighted by Crippen LogP contribution is -2.36. The largest absolute Gasteiger partial charge is 0.383 e. The molecule has 0 aromatic carbocycles. The third kappa shape index (κ3) is 5.12. The number of hydrogen-bond acceptors (Lipinski definition) is 4. The number of pyridine rings is 1. The van der Waals surface area contributed by atoms with Crippen molar-refractivity contribution in [3.05, 3.63) is 33.2 Å². The maximum atomic E-state index is 12.1. The van der Waals surface area contributed by atoms with Gasteiger partial charge in [0.05, 0.1) is 6.61 Å². The first kappa shape index (κ1) is 18.7. The molecule has 1 aliphatic rings. The number of hydrogen-bond donors (Lipinski definition) is 3. The van der Waals surface area contributed by atoms with E-state index in [0.29, 0.717) is 19.7 Å². The number of aromatic amines is 1. The highest BCUT2D eigenvalue weighted by atomic mass is 35.5. The fraction of sp³-hybridized carbons (Fsp3) is 0.600. The number of halogens is 1. The van der Waals surface area contributed by atoms with Gasteiger partial charge in [-0.15, -0.1) is 12.4 Å². The molecule has 1 heterocycles. The molecule has 3 N–H and O–H groups in total. The minimum absolute atomic E-state index is 0. The Kier molecular flexibility index (Phi) is 8.16. The second kappa shape index (κ2) is 9.61. The van der Waals surface area contributed by atoms with E-state index in [1.54, 1.807) is 13.2 Å². The van der Waals surface area contributed by atoms with Crippen LogP contribution >= 0.6 is 12.4 Å². The molecule has 6 nitrogen and oxygen atoms in total. The number of rotatable bonds is 7. The van der Waals surface area contributed by atoms with Crippen molar-refractivity contribution in [1.82, 2.24) is 15.6 Å². The van der Waals surface area contributed by atoms with Crippen LogP contribution in [-0.4, -0.2) is 44.2 Å². The molecular formula is C15H24ClN3O3. The Morgan fingerprint density at radius 2 is 2.05 bits per heavy atom. The van der Waals surface area contributed by atoms with E-state index in [0.717, 1.165) is 43.5 Å². The zero-order valence-corrected chi connectivity index (χ0v) is 13.7. The molecule has 2 rings (SSSR count). The summed E-state index contributed by atoms with van der Waals surface area (Å²) < 4.78 is 4.91. The summed E-state index contributed by atoms with van der Waals surface area (Å²) in [4.78, 5) is 26.9. The molecule has 0 spiro atoms. The van der Waals surface area contributed by atoms with E-state index in [4.69, 9.17) is 4.74 Å². The van der Waals surface area contributed by atoms with Crippen LogP contribution in [0.15, 0.2) is 10.9 Å². The molecular weight excluding hydrogens is 306 g/mol. The maximum Gasteiger partial charge on any atom is 0.261 e. The van der Waals surface area contributed by atoms with Crippen LogP contribution in [0.25, 0.3) is 0 Å². The Labute approximate surface area is 136 Å². The molecule has 0 radical (unpaired) electrons. The number of methoxy groups -OCH3 is 1. The first-order valence-corrected chi connectivity index (χ1v) is 7.45. The number of carbonyl (C=O) groups excluding carboxylic acids is 1. The predicted molar refractivity (Wildman–Crippen MR) is 88.0 cm³/mol. The number of ether oxygens (including phenoxy) is 1. The zero-order chi connectivity index (χ0) is 15.1. The number of nitrogens with one attached hydrogen (secondary N) is 3. The molecule has 124 valence electrons. The summed E-state index contributed by atoms with van der Waals surface area (Å²) in [5, 5.41) is 5.89. The van der Waals surface area contributed by atoms with Crippen molar-refractivity contribution >= 4 is 18.3 Å². The van der Waals surface area contributed by atoms with E-state index >= 15 is 0 Å². The number of aromatic nitrogens is 1. The summed E-state index contributed by atoms with van der Waals surface area (Å²) in [5.41, 5.74) is 2.02. The van der Waals surface area contributed by atoms with Crippen LogP contribution in [0, 0.1) is 0 Å². The van der Waals surface area contributed by atoms with Crippen LogP contribution in [0.2, 0.25) is 0 Å². The highest BCUT2D eigenvalue weighted by molar-refractivity contribution is 5.94. The normalized spacial score (nSPS) is 13.1. The van der Waals surface area contributed by atoms with Gasteiger partial charge < -0.3 is 20.4 Å². The fourth-order valence-corrected chi connectivity index (χ4v) is 2.50. The maximum absolute atomic E-state index is 12.1. The van der Waals surface area contributed by atoms with Gasteiger partial charge in [0.1, 0.15) is 5.56 Å². The third-order valence-corrected chi connectivity index (χ3v) is 3.65. The van der Waals surface area contributed by atoms with Crippen molar-refractivity contribution in [1.29, 1.82) is 0 Å². The smallest absolute Gasteiger partial charge is 0.261 e. The van der Waals surface area contributed by atoms with Crippen molar-refractivity contribution < 1.29 is 9.53 Å². The van der Waals surface area contributed by atoms with Gasteiger partial charge in [-0.25, -0.2) is 0 Å². The Morgan fingerprint density at radius 3 is 2.82 bits per heavy atom. The molecule has 0 bridgehead atoms. The molecule has 0 atom stereocenters. The highest BCUT2D eigenvalue weighted by Gasteiger charge is 2.16. The predicted octanol–water partition coefficient (Wildman–Crippen LogP) is 0.641. The fourth-order valence-electron chi connectivity index (χ4n) is 2.50. The summed E-state index contributed by atoms with van der Waals surface area (Å²) in [6, 6.07) is 1.75. The number of aryl methyl sites for hydroxylation is 2. The van der Waals surface area contributed by atoms with Crippen molar-refractivity contribution in [2.75, 3.05) is 33.4 Å². The summed E-state index contributed by atoms with van der Waals surface area (Å²) in [6.07, 6.45) is 4.05. The number of amides is 1. The van der Waals surface area contributed by atoms with Crippen LogP contribution in [0.1, 0.15) is 34.5 Å². The van der Waals surface area contributed by atoms with Gasteiger partial charge in [0, 0.05) is 32.4 Å². The Bertz CT molecular complexity index is 545. The van der Waals surface area contributed by atoms with Crippen LogP contribution in [0.4, 0.5) is 0 Å². The van der Waals surface area contributed by atoms with Gasteiger partial charge in [-0.3, -0.25) is 9.59 Å². The van der Waals surface area contributed by atoms with Crippen molar-refractivity contribution in [3.63, 3.8) is 0 Å². The number of H-pyrrole nitrogens is 1. The summed E-state index contributed by atoms with van der Waals surface area (Å²) in [5.74, 6) is -0.307. The molecule has 0 saturated carbocycles. The molecule has 0 fully saturated rings. The van der Waals surface area contributed by atoms with Crippen LogP contribution in [-0.2, 0) is 17.6 Å². The number of fused-ring (bicyclic) bond motifs is 1. The monoisotopic (exact) mass is 329 g/mol. The first-order chi connectivity index (χ1) is 10.2. The molecule has 1 aromatic heterocycles. The van der Waals surface area contributed by atoms with Gasteiger partial charge in [-0.2, -0.15) is 0 Å². The van der Waals surface area contributed by atoms with Gasteiger partial charge in [-0.05, 0) is 37.3 Å². The summed E-state index contributed by atoms with van der Waals surface area (Å²) in [7, 11) is 1.64. The molecule has 1 amide bonds. The molecule has 7 heteroatoms. The Hall–Kier alpha value is -1.37. The van der Waals surface area contributed by atoms with E-state index in [1.165, 1.54) is 0 Å². The number of carbonyl (C=O) groups is 1. The summed E-state index contributed by atoms with van der Waals surface area (Å²) >= 11 is 0. The second-order valence-electron chi connectivity index (χ2n) is 5.22. The zero-order valence-electron chi connectivity index (χ0n) is 12.9. The quantitative estimate of drug-likeness (QED) is 0.641. The Morgan fingerprint density at radius 1 is 1.27 bits per heavy atom. The minimum atomic E-state index is -0.307. The minimum Gasteiger partial charge on any atom is -0.383 e. The lowest BCUT2D eigenvalue weighted by molar-refractivity contribution is 0.0952. The first-order valence-electron chi connectivity index (χ1n) is 7.45. The van der Waals surface area contributed by atoms with E-state index < -0.39 is 0 Å². The average Bonchev–Trinajstić information content (AvgIpc) is 2.49. The molecule has 0 aliphatic heterocycles. The lowest BCUT2D eigenvalue weighted by atomic mass is 9.95. The van der Waals surface area contributed by atoms with Gasteiger partial charge in [0.25, 0.3) is 11.5 Å². The summed E-state index contributed by atoms with van der Waals surface area (Å²) in [6.45, 7) is 2.52. The Balaban J connectivity index is 0.00000242. The van der Waals surface area contributed by atoms with Gasteiger partial charge in [0.15, 0.2) is 0 Å². The van der Waals surface area contributed by atoms with Gasteiger partial charge in [0.2, 0.25) is 0 Å². The SMILES string of the molecule is COCCNCCNC(=O)c1cc2c([nH]c1=O)CCCC2.Cl. The molecule has 22 heavy (non-hydrogen) atoms. The van der Waals surface area contributed by atoms with Crippen molar-refractivity contribution in [2.24, 2.45) is 0 Å². The van der Waals surface area contributed by atoms with Crippen LogP contribution < -0.4 is 16.2 Å². The molecule has 1 aliphatic carbocycles. The van der Waals surface area contributed by atoms with E-state index in [9.17, 15) is 9.59 Å². The van der Waals surface area contributed by atoms with Crippen molar-refractivity contribution in [2.45, 2.75) is 25.7 Å². The van der Waals surface area contributed by atoms with E-state index in [2.05, 4.69) is 15.6 Å². The van der Waals surface area contributed by atoms with Crippen LogP contribution in [0.5, 0.6) is 0 Å². The molecule has 1 aromatic rings. The molecule has 0 unspecified atom stereocenters. The molecule has 0 saturated heterocycles. The van der Waals surface area contributed by atoms with Crippen molar-refractivity contribution in [3.8, 4) is 0 Å². The third-order valence-electron chi connectivity index (χ3n) is 3.65. The standard InChI is InChI=1S/C15H23N3O3.ClH/c1-21-9-8-16-6-7-17-14(19)12-10-11-4-2-3-5-13(11)18-15(12)20;/h10,16H,2-9H2,1H3,(H,17,19)(H,18,20);1H. The average molecular weight is 330 g/mol. The van der Waals surface area contributed by atoms with Crippen LogP contribution in [0.3, 0.4) is 0 Å².